The molecule has 1 heterocycles. The molecule has 0 saturated heterocycles. The van der Waals surface area contributed by atoms with Crippen LogP contribution in [0, 0.1) is 11.8 Å². The predicted octanol–water partition coefficient (Wildman–Crippen LogP) is 10.2. The van der Waals surface area contributed by atoms with E-state index in [-0.39, 0.29) is 41.1 Å². The first-order chi connectivity index (χ1) is 25.3. The summed E-state index contributed by atoms with van der Waals surface area (Å²) < 4.78 is 136. The SMILES string of the molecule is CCN(C[C@H]1CC[C@H](CC(=O)OC)CC1)c1ccc(C(F)(F)F)cc1CN(c1ncc(OCCSC)cn1)C(C)c1cc(C(F)(F)F)cc(C(F)(F)F)c1. The molecule has 3 aromatic rings. The zero-order chi connectivity index (χ0) is 39.8. The monoisotopic (exact) mass is 794 g/mol. The molecule has 7 nitrogen and oxygen atoms in total. The molecule has 0 spiro atoms. The first-order valence-electron chi connectivity index (χ1n) is 17.4. The van der Waals surface area contributed by atoms with Gasteiger partial charge in [-0.3, -0.25) is 4.79 Å². The third-order valence-corrected chi connectivity index (χ3v) is 10.2. The molecular formula is C37H43F9N4O3S. The molecule has 1 unspecified atom stereocenters. The van der Waals surface area contributed by atoms with Gasteiger partial charge in [0.15, 0.2) is 5.75 Å². The second-order valence-electron chi connectivity index (χ2n) is 13.3. The van der Waals surface area contributed by atoms with Crippen LogP contribution in [-0.4, -0.2) is 54.8 Å². The van der Waals surface area contributed by atoms with Gasteiger partial charge >= 0.3 is 24.5 Å². The average Bonchev–Trinajstić information content (AvgIpc) is 3.12. The van der Waals surface area contributed by atoms with E-state index in [1.165, 1.54) is 49.2 Å². The van der Waals surface area contributed by atoms with Crippen molar-refractivity contribution >= 4 is 29.4 Å². The smallest absolute Gasteiger partial charge is 0.416 e. The van der Waals surface area contributed by atoms with Crippen molar-refractivity contribution in [2.45, 2.75) is 77.1 Å². The predicted molar refractivity (Wildman–Crippen MR) is 188 cm³/mol. The second-order valence-corrected chi connectivity index (χ2v) is 14.2. The van der Waals surface area contributed by atoms with Crippen molar-refractivity contribution in [3.05, 3.63) is 76.6 Å². The summed E-state index contributed by atoms with van der Waals surface area (Å²) in [5, 5.41) is 0. The zero-order valence-corrected chi connectivity index (χ0v) is 31.1. The van der Waals surface area contributed by atoms with E-state index in [2.05, 4.69) is 9.97 Å². The van der Waals surface area contributed by atoms with E-state index < -0.39 is 53.4 Å². The number of esters is 1. The highest BCUT2D eigenvalue weighted by Crippen LogP contribution is 2.41. The Morgan fingerprint density at radius 1 is 0.870 bits per heavy atom. The van der Waals surface area contributed by atoms with E-state index in [4.69, 9.17) is 9.47 Å². The number of benzene rings is 2. The molecule has 0 N–H and O–H groups in total. The van der Waals surface area contributed by atoms with Gasteiger partial charge in [0.05, 0.1) is 48.8 Å². The van der Waals surface area contributed by atoms with E-state index in [0.717, 1.165) is 37.8 Å². The van der Waals surface area contributed by atoms with E-state index in [1.54, 1.807) is 0 Å². The lowest BCUT2D eigenvalue weighted by molar-refractivity contribution is -0.144. The number of ether oxygens (including phenoxy) is 2. The van der Waals surface area contributed by atoms with Crippen LogP contribution in [0.5, 0.6) is 5.75 Å². The van der Waals surface area contributed by atoms with Crippen LogP contribution < -0.4 is 14.5 Å². The molecule has 4 rings (SSSR count). The number of thioether (sulfide) groups is 1. The first-order valence-corrected chi connectivity index (χ1v) is 18.7. The number of carbonyl (C=O) groups is 1. The molecule has 1 atom stereocenters. The number of hydrogen-bond donors (Lipinski definition) is 0. The maximum absolute atomic E-state index is 14.2. The number of alkyl halides is 9. The number of carbonyl (C=O) groups excluding carboxylic acids is 1. The van der Waals surface area contributed by atoms with Crippen LogP contribution in [0.1, 0.15) is 79.8 Å². The van der Waals surface area contributed by atoms with Gasteiger partial charge in [0, 0.05) is 37.5 Å². The molecule has 1 aliphatic carbocycles. The Bertz CT molecular complexity index is 1650. The molecule has 298 valence electrons. The number of halogens is 9. The fourth-order valence-electron chi connectivity index (χ4n) is 6.58. The van der Waals surface area contributed by atoms with Crippen molar-refractivity contribution in [3.8, 4) is 5.75 Å². The first kappa shape index (κ1) is 42.8. The standard InChI is InChI=1S/C37H43F9N4O3S/c1-5-49(21-25-8-6-24(7-9-25)14-33(51)52-3)32-11-10-28(35(38,39)40)17-27(32)22-50(34-47-19-31(20-48-34)53-12-13-54-4)23(2)26-15-29(36(41,42)43)18-30(16-26)37(44,45)46/h10-11,15-20,23-25H,5-9,12-14,21-22H2,1-4H3/t23?,24-,25-. The molecule has 0 bridgehead atoms. The summed E-state index contributed by atoms with van der Waals surface area (Å²) in [5.74, 6) is 0.762. The van der Waals surface area contributed by atoms with Gasteiger partial charge in [0.25, 0.3) is 0 Å². The van der Waals surface area contributed by atoms with Crippen LogP contribution in [0.15, 0.2) is 48.8 Å². The Balaban J connectivity index is 1.78. The fraction of sp³-hybridized carbons (Fsp3) is 0.541. The van der Waals surface area contributed by atoms with Crippen molar-refractivity contribution in [2.75, 3.05) is 48.6 Å². The lowest BCUT2D eigenvalue weighted by Crippen LogP contribution is -2.34. The summed E-state index contributed by atoms with van der Waals surface area (Å²) in [6.45, 7) is 3.94. The average molecular weight is 795 g/mol. The van der Waals surface area contributed by atoms with E-state index in [0.29, 0.717) is 49.7 Å². The van der Waals surface area contributed by atoms with E-state index in [9.17, 15) is 44.3 Å². The van der Waals surface area contributed by atoms with Gasteiger partial charge in [0.2, 0.25) is 5.95 Å². The van der Waals surface area contributed by atoms with Gasteiger partial charge in [0.1, 0.15) is 0 Å². The Hall–Kier alpha value is -3.89. The minimum Gasteiger partial charge on any atom is -0.489 e. The molecule has 1 aromatic heterocycles. The highest BCUT2D eigenvalue weighted by atomic mass is 32.2. The molecule has 0 aliphatic heterocycles. The normalized spacial score (nSPS) is 17.2. The molecule has 0 amide bonds. The molecule has 17 heteroatoms. The molecule has 1 saturated carbocycles. The van der Waals surface area contributed by atoms with Gasteiger partial charge in [-0.15, -0.1) is 0 Å². The third-order valence-electron chi connectivity index (χ3n) is 9.59. The summed E-state index contributed by atoms with van der Waals surface area (Å²) in [4.78, 5) is 23.6. The van der Waals surface area contributed by atoms with E-state index >= 15 is 0 Å². The summed E-state index contributed by atoms with van der Waals surface area (Å²) in [6, 6.07) is 3.14. The Morgan fingerprint density at radius 3 is 1.96 bits per heavy atom. The molecule has 54 heavy (non-hydrogen) atoms. The number of hydrogen-bond acceptors (Lipinski definition) is 8. The summed E-state index contributed by atoms with van der Waals surface area (Å²) in [6.07, 6.45) is -7.16. The molecule has 2 aromatic carbocycles. The Labute approximate surface area is 312 Å². The van der Waals surface area contributed by atoms with Crippen LogP contribution in [0.25, 0.3) is 0 Å². The summed E-state index contributed by atoms with van der Waals surface area (Å²) >= 11 is 1.52. The molecule has 1 fully saturated rings. The topological polar surface area (TPSA) is 67.8 Å². The highest BCUT2D eigenvalue weighted by Gasteiger charge is 2.38. The Morgan fingerprint density at radius 2 is 1.44 bits per heavy atom. The van der Waals surface area contributed by atoms with Gasteiger partial charge in [-0.25, -0.2) is 9.97 Å². The van der Waals surface area contributed by atoms with Crippen molar-refractivity contribution in [2.24, 2.45) is 11.8 Å². The minimum absolute atomic E-state index is 0.0186. The molecule has 1 aliphatic rings. The maximum Gasteiger partial charge on any atom is 0.416 e. The molecule has 0 radical (unpaired) electrons. The van der Waals surface area contributed by atoms with Gasteiger partial charge in [-0.2, -0.15) is 51.3 Å². The van der Waals surface area contributed by atoms with Crippen LogP contribution >= 0.6 is 11.8 Å². The quantitative estimate of drug-likeness (QED) is 0.0856. The van der Waals surface area contributed by atoms with E-state index in [1.807, 2.05) is 18.1 Å². The number of rotatable bonds is 15. The summed E-state index contributed by atoms with van der Waals surface area (Å²) in [7, 11) is 1.33. The van der Waals surface area contributed by atoms with Gasteiger partial charge in [-0.05, 0) is 105 Å². The number of anilines is 2. The van der Waals surface area contributed by atoms with Crippen molar-refractivity contribution in [1.82, 2.24) is 9.97 Å². The third kappa shape index (κ3) is 11.6. The van der Waals surface area contributed by atoms with Crippen LogP contribution in [0.2, 0.25) is 0 Å². The lowest BCUT2D eigenvalue weighted by Gasteiger charge is -2.36. The minimum atomic E-state index is -5.12. The van der Waals surface area contributed by atoms with Crippen molar-refractivity contribution in [3.63, 3.8) is 0 Å². The fourth-order valence-corrected chi connectivity index (χ4v) is 6.83. The largest absolute Gasteiger partial charge is 0.489 e. The lowest BCUT2D eigenvalue weighted by atomic mass is 9.80. The van der Waals surface area contributed by atoms with Gasteiger partial charge in [-0.1, -0.05) is 0 Å². The highest BCUT2D eigenvalue weighted by molar-refractivity contribution is 7.98. The van der Waals surface area contributed by atoms with Crippen molar-refractivity contribution < 1.29 is 53.8 Å². The second kappa shape index (κ2) is 18.2. The zero-order valence-electron chi connectivity index (χ0n) is 30.2. The number of aromatic nitrogens is 2. The Kier molecular flexibility index (Phi) is 14.4. The summed E-state index contributed by atoms with van der Waals surface area (Å²) in [5.41, 5.74) is -3.91. The van der Waals surface area contributed by atoms with Crippen LogP contribution in [0.4, 0.5) is 51.1 Å². The van der Waals surface area contributed by atoms with Crippen molar-refractivity contribution in [1.29, 1.82) is 0 Å². The molecular weight excluding hydrogens is 751 g/mol. The maximum atomic E-state index is 14.2. The van der Waals surface area contributed by atoms with Crippen LogP contribution in [-0.2, 0) is 34.6 Å². The van der Waals surface area contributed by atoms with Crippen LogP contribution in [0.3, 0.4) is 0 Å². The number of methoxy groups -OCH3 is 1. The number of nitrogens with zero attached hydrogens (tertiary/aromatic N) is 4. The van der Waals surface area contributed by atoms with Gasteiger partial charge < -0.3 is 19.3 Å².